The number of hydrogen-bond donors (Lipinski definition) is 0. The molecule has 6 atom stereocenters. The molecule has 18 heavy (non-hydrogen) atoms. The van der Waals surface area contributed by atoms with E-state index < -0.39 is 12.2 Å². The first-order chi connectivity index (χ1) is 8.58. The van der Waals surface area contributed by atoms with Gasteiger partial charge >= 0.3 is 11.9 Å². The Hall–Kier alpha value is -1.40. The van der Waals surface area contributed by atoms with Gasteiger partial charge in [0.2, 0.25) is 0 Å². The van der Waals surface area contributed by atoms with Crippen LogP contribution in [-0.2, 0) is 28.8 Å². The molecule has 2 fully saturated rings. The summed E-state index contributed by atoms with van der Waals surface area (Å²) in [7, 11) is 0. The molecule has 1 saturated carbocycles. The lowest BCUT2D eigenvalue weighted by atomic mass is 9.60. The molecule has 2 bridgehead atoms. The fraction of sp³-hybridized carbons (Fsp3) is 0.667. The number of ether oxygens (including phenoxy) is 2. The Morgan fingerprint density at radius 3 is 1.56 bits per heavy atom. The molecular weight excluding hydrogens is 240 g/mol. The van der Waals surface area contributed by atoms with E-state index in [9.17, 15) is 9.59 Å². The number of carbonyl (C=O) groups excluding carboxylic acids is 2. The third-order valence-electron chi connectivity index (χ3n) is 3.66. The normalized spacial score (nSPS) is 43.9. The van der Waals surface area contributed by atoms with Crippen LogP contribution in [0.15, 0.2) is 12.2 Å². The molecule has 6 nitrogen and oxygen atoms in total. The molecule has 0 aromatic rings. The molecule has 0 N–H and O–H groups in total. The molecule has 0 aromatic heterocycles. The first kappa shape index (κ1) is 11.7. The molecule has 4 aliphatic rings. The minimum Gasteiger partial charge on any atom is -0.458 e. The van der Waals surface area contributed by atoms with Crippen LogP contribution in [0.5, 0.6) is 0 Å². The lowest BCUT2D eigenvalue weighted by Gasteiger charge is -2.57. The van der Waals surface area contributed by atoms with Crippen LogP contribution in [0.1, 0.15) is 13.8 Å². The van der Waals surface area contributed by atoms with Crippen molar-refractivity contribution < 1.29 is 28.8 Å². The van der Waals surface area contributed by atoms with E-state index in [1.165, 1.54) is 13.8 Å². The van der Waals surface area contributed by atoms with Crippen molar-refractivity contribution in [2.75, 3.05) is 0 Å². The molecule has 2 aliphatic carbocycles. The van der Waals surface area contributed by atoms with Crippen LogP contribution >= 0.6 is 0 Å². The molecular formula is C12H14O6. The van der Waals surface area contributed by atoms with Crippen molar-refractivity contribution in [2.24, 2.45) is 11.8 Å². The highest BCUT2D eigenvalue weighted by molar-refractivity contribution is 5.68. The molecule has 1 saturated heterocycles. The van der Waals surface area contributed by atoms with Crippen molar-refractivity contribution in [2.45, 2.75) is 38.3 Å². The van der Waals surface area contributed by atoms with E-state index in [-0.39, 0.29) is 36.0 Å². The van der Waals surface area contributed by atoms with E-state index in [4.69, 9.17) is 19.2 Å². The average Bonchev–Trinajstić information content (AvgIpc) is 2.33. The zero-order chi connectivity index (χ0) is 12.9. The Bertz CT molecular complexity index is 379. The molecule has 0 radical (unpaired) electrons. The molecule has 2 aliphatic heterocycles. The Morgan fingerprint density at radius 2 is 1.28 bits per heavy atom. The standard InChI is InChI=1S/C12H14O6/c1-5(13)15-11-9-7-3-4-8(18-17-7)10(9)12(11)16-6(2)14/h3-4,7-12H,1-2H3/t7-,8+,9?,10?,11-,12-/m1/s1. The third kappa shape index (κ3) is 1.64. The summed E-state index contributed by atoms with van der Waals surface area (Å²) in [5.74, 6) is -0.770. The molecule has 2 heterocycles. The summed E-state index contributed by atoms with van der Waals surface area (Å²) >= 11 is 0. The molecule has 0 spiro atoms. The number of fused-ring (bicyclic) bond motifs is 1. The maximum Gasteiger partial charge on any atom is 0.303 e. The summed E-state index contributed by atoms with van der Waals surface area (Å²) in [6.45, 7) is 2.68. The topological polar surface area (TPSA) is 71.1 Å². The largest absolute Gasteiger partial charge is 0.458 e. The predicted molar refractivity (Wildman–Crippen MR) is 57.0 cm³/mol. The van der Waals surface area contributed by atoms with Crippen molar-refractivity contribution in [1.82, 2.24) is 0 Å². The van der Waals surface area contributed by atoms with Gasteiger partial charge in [0.05, 0.1) is 0 Å². The van der Waals surface area contributed by atoms with E-state index in [1.807, 2.05) is 12.2 Å². The Labute approximate surface area is 104 Å². The minimum atomic E-state index is -0.447. The van der Waals surface area contributed by atoms with Gasteiger partial charge in [-0.2, -0.15) is 0 Å². The predicted octanol–water partition coefficient (Wildman–Crippen LogP) is 0.365. The lowest BCUT2D eigenvalue weighted by Crippen LogP contribution is -2.69. The molecule has 0 aromatic carbocycles. The Kier molecular flexibility index (Phi) is 2.64. The van der Waals surface area contributed by atoms with Crippen molar-refractivity contribution >= 4 is 11.9 Å². The van der Waals surface area contributed by atoms with Crippen LogP contribution in [-0.4, -0.2) is 36.4 Å². The summed E-state index contributed by atoms with van der Waals surface area (Å²) < 4.78 is 10.5. The van der Waals surface area contributed by atoms with E-state index in [0.717, 1.165) is 0 Å². The first-order valence-electron chi connectivity index (χ1n) is 5.93. The number of carbonyl (C=O) groups is 2. The van der Waals surface area contributed by atoms with Gasteiger partial charge in [-0.1, -0.05) is 12.2 Å². The number of esters is 2. The Balaban J connectivity index is 1.81. The summed E-state index contributed by atoms with van der Waals surface area (Å²) in [5, 5.41) is 0. The Morgan fingerprint density at radius 1 is 0.889 bits per heavy atom. The molecule has 4 rings (SSSR count). The van der Waals surface area contributed by atoms with Crippen LogP contribution in [0.3, 0.4) is 0 Å². The zero-order valence-corrected chi connectivity index (χ0v) is 10.1. The summed E-state index contributed by atoms with van der Waals surface area (Å²) in [6, 6.07) is 0. The van der Waals surface area contributed by atoms with Gasteiger partial charge in [0.15, 0.2) is 0 Å². The maximum atomic E-state index is 11.1. The van der Waals surface area contributed by atoms with E-state index >= 15 is 0 Å². The second-order valence-electron chi connectivity index (χ2n) is 4.81. The van der Waals surface area contributed by atoms with Gasteiger partial charge in [-0.3, -0.25) is 9.59 Å². The van der Waals surface area contributed by atoms with Crippen LogP contribution < -0.4 is 0 Å². The van der Waals surface area contributed by atoms with Crippen molar-refractivity contribution in [1.29, 1.82) is 0 Å². The van der Waals surface area contributed by atoms with Crippen LogP contribution in [0.2, 0.25) is 0 Å². The van der Waals surface area contributed by atoms with Crippen LogP contribution in [0.4, 0.5) is 0 Å². The summed E-state index contributed by atoms with van der Waals surface area (Å²) in [4.78, 5) is 32.5. The molecule has 2 unspecified atom stereocenters. The quantitative estimate of drug-likeness (QED) is 0.402. The second kappa shape index (κ2) is 4.07. The SMILES string of the molecule is CC(=O)O[C@@H]1C2C([C@H]1OC(C)=O)[C@H]1C=C[C@@H]2OO1. The smallest absolute Gasteiger partial charge is 0.303 e. The minimum absolute atomic E-state index is 0.00185. The second-order valence-corrected chi connectivity index (χ2v) is 4.81. The average molecular weight is 254 g/mol. The molecule has 6 heteroatoms. The van der Waals surface area contributed by atoms with Gasteiger partial charge in [-0.05, 0) is 0 Å². The van der Waals surface area contributed by atoms with Crippen molar-refractivity contribution in [3.63, 3.8) is 0 Å². The van der Waals surface area contributed by atoms with Gasteiger partial charge in [0, 0.05) is 25.7 Å². The van der Waals surface area contributed by atoms with Gasteiger partial charge in [0.25, 0.3) is 0 Å². The highest BCUT2D eigenvalue weighted by atomic mass is 17.2. The maximum absolute atomic E-state index is 11.1. The fourth-order valence-corrected chi connectivity index (χ4v) is 3.01. The third-order valence-corrected chi connectivity index (χ3v) is 3.66. The van der Waals surface area contributed by atoms with E-state index in [0.29, 0.717) is 0 Å². The van der Waals surface area contributed by atoms with E-state index in [1.54, 1.807) is 0 Å². The van der Waals surface area contributed by atoms with Crippen LogP contribution in [0.25, 0.3) is 0 Å². The monoisotopic (exact) mass is 254 g/mol. The summed E-state index contributed by atoms with van der Waals surface area (Å²) in [5.41, 5.74) is 0. The van der Waals surface area contributed by atoms with Gasteiger partial charge < -0.3 is 9.47 Å². The highest BCUT2D eigenvalue weighted by Gasteiger charge is 2.64. The zero-order valence-electron chi connectivity index (χ0n) is 10.1. The fourth-order valence-electron chi connectivity index (χ4n) is 3.01. The lowest BCUT2D eigenvalue weighted by molar-refractivity contribution is -0.425. The molecule has 98 valence electrons. The molecule has 0 amide bonds. The highest BCUT2D eigenvalue weighted by Crippen LogP contribution is 2.51. The first-order valence-corrected chi connectivity index (χ1v) is 5.93. The number of rotatable bonds is 2. The van der Waals surface area contributed by atoms with Gasteiger partial charge in [-0.15, -0.1) is 0 Å². The summed E-state index contributed by atoms with van der Waals surface area (Å²) in [6.07, 6.45) is 2.42. The van der Waals surface area contributed by atoms with Gasteiger partial charge in [-0.25, -0.2) is 9.78 Å². The van der Waals surface area contributed by atoms with Gasteiger partial charge in [0.1, 0.15) is 24.4 Å². The van der Waals surface area contributed by atoms with Crippen LogP contribution in [0, 0.1) is 11.8 Å². The van der Waals surface area contributed by atoms with Crippen molar-refractivity contribution in [3.05, 3.63) is 12.2 Å². The van der Waals surface area contributed by atoms with E-state index in [2.05, 4.69) is 0 Å². The number of hydrogen-bond acceptors (Lipinski definition) is 6. The van der Waals surface area contributed by atoms with Crippen molar-refractivity contribution in [3.8, 4) is 0 Å².